The number of nitrogens with two attached hydrogens (primary N) is 1. The number of hydrogen-bond donors (Lipinski definition) is 2. The van der Waals surface area contributed by atoms with Gasteiger partial charge in [0.1, 0.15) is 19.2 Å². The maximum Gasteiger partial charge on any atom is 0.250 e. The van der Waals surface area contributed by atoms with Gasteiger partial charge in [0.2, 0.25) is 0 Å². The quantitative estimate of drug-likeness (QED) is 0.374. The molecule has 0 spiro atoms. The van der Waals surface area contributed by atoms with Crippen molar-refractivity contribution in [3.63, 3.8) is 0 Å². The summed E-state index contributed by atoms with van der Waals surface area (Å²) in [5, 5.41) is 3.19. The number of benzene rings is 1. The van der Waals surface area contributed by atoms with E-state index in [0.29, 0.717) is 37.7 Å². The molecule has 1 heterocycles. The molecule has 0 aliphatic heterocycles. The number of rotatable bonds is 10. The Balaban J connectivity index is 1.74. The highest BCUT2D eigenvalue weighted by Crippen LogP contribution is 2.36. The first-order valence-corrected chi connectivity index (χ1v) is 11.2. The topological polar surface area (TPSA) is 95.6 Å². The average molecular weight is 379 g/mol. The van der Waals surface area contributed by atoms with Gasteiger partial charge >= 0.3 is 0 Å². The second-order valence-electron chi connectivity index (χ2n) is 6.37. The molecule has 0 amide bonds. The van der Waals surface area contributed by atoms with Gasteiger partial charge in [-0.3, -0.25) is 4.79 Å². The fourth-order valence-corrected chi connectivity index (χ4v) is 2.64. The zero-order valence-electron chi connectivity index (χ0n) is 15.2. The van der Waals surface area contributed by atoms with Gasteiger partial charge in [0.05, 0.1) is 24.6 Å². The molecule has 0 atom stereocenters. The lowest BCUT2D eigenvalue weighted by Crippen LogP contribution is -2.21. The van der Waals surface area contributed by atoms with E-state index in [0.717, 1.165) is 5.69 Å². The van der Waals surface area contributed by atoms with E-state index in [-0.39, 0.29) is 11.9 Å². The van der Waals surface area contributed by atoms with Gasteiger partial charge in [-0.05, 0) is 31.5 Å². The van der Waals surface area contributed by atoms with Crippen LogP contribution >= 0.6 is 7.14 Å². The Labute approximate surface area is 153 Å². The van der Waals surface area contributed by atoms with E-state index in [1.54, 1.807) is 48.4 Å². The smallest absolute Gasteiger partial charge is 0.250 e. The minimum absolute atomic E-state index is 0.0393. The lowest BCUT2D eigenvalue weighted by atomic mass is 10.2. The van der Waals surface area contributed by atoms with Crippen molar-refractivity contribution in [3.8, 4) is 5.75 Å². The zero-order valence-corrected chi connectivity index (χ0v) is 16.1. The molecule has 0 saturated heterocycles. The van der Waals surface area contributed by atoms with Crippen molar-refractivity contribution in [3.05, 3.63) is 52.9 Å². The molecule has 0 aliphatic rings. The first-order chi connectivity index (χ1) is 12.3. The summed E-state index contributed by atoms with van der Waals surface area (Å²) in [6.45, 7) is 5.38. The Hall–Kier alpha value is -2.24. The monoisotopic (exact) mass is 379 g/mol. The van der Waals surface area contributed by atoms with Crippen molar-refractivity contribution in [1.82, 2.24) is 4.57 Å². The molecule has 0 fully saturated rings. The summed E-state index contributed by atoms with van der Waals surface area (Å²) < 4.78 is 24.4. The van der Waals surface area contributed by atoms with E-state index in [4.69, 9.17) is 15.2 Å². The summed E-state index contributed by atoms with van der Waals surface area (Å²) in [5.74, 6) is 0.620. The summed E-state index contributed by atoms with van der Waals surface area (Å²) in [4.78, 5) is 11.6. The lowest BCUT2D eigenvalue weighted by molar-refractivity contribution is 0.135. The first kappa shape index (κ1) is 20.1. The molecule has 2 rings (SSSR count). The number of hydrogen-bond acceptors (Lipinski definition) is 6. The third kappa shape index (κ3) is 6.94. The summed E-state index contributed by atoms with van der Waals surface area (Å²) in [6, 6.07) is 10.3. The molecule has 8 heteroatoms. The molecule has 26 heavy (non-hydrogen) atoms. The molecule has 1 aromatic heterocycles. The van der Waals surface area contributed by atoms with Gasteiger partial charge in [-0.1, -0.05) is 6.07 Å². The van der Waals surface area contributed by atoms with E-state index >= 15 is 0 Å². The number of nitrogens with zero attached hydrogens (tertiary/aromatic N) is 1. The molecule has 1 aromatic carbocycles. The van der Waals surface area contributed by atoms with Gasteiger partial charge in [0.15, 0.2) is 0 Å². The van der Waals surface area contributed by atoms with Gasteiger partial charge in [-0.2, -0.15) is 0 Å². The number of nitrogen functional groups attached to an aromatic ring is 1. The van der Waals surface area contributed by atoms with Crippen LogP contribution in [0.4, 0.5) is 11.4 Å². The summed E-state index contributed by atoms with van der Waals surface area (Å²) >= 11 is 0. The van der Waals surface area contributed by atoms with Crippen LogP contribution in [0.25, 0.3) is 0 Å². The van der Waals surface area contributed by atoms with E-state index < -0.39 is 7.14 Å². The van der Waals surface area contributed by atoms with Gasteiger partial charge in [0, 0.05) is 31.4 Å². The normalized spacial score (nSPS) is 11.3. The Morgan fingerprint density at radius 1 is 1.19 bits per heavy atom. The van der Waals surface area contributed by atoms with Crippen molar-refractivity contribution in [2.45, 2.75) is 6.54 Å². The van der Waals surface area contributed by atoms with E-state index in [1.807, 2.05) is 6.07 Å². The second-order valence-corrected chi connectivity index (χ2v) is 9.77. The molecule has 3 N–H and O–H groups in total. The van der Waals surface area contributed by atoms with Crippen LogP contribution in [0.1, 0.15) is 0 Å². The number of aromatic nitrogens is 1. The van der Waals surface area contributed by atoms with E-state index in [9.17, 15) is 9.36 Å². The van der Waals surface area contributed by atoms with Crippen LogP contribution in [0.5, 0.6) is 5.75 Å². The Bertz CT molecular complexity index is 816. The van der Waals surface area contributed by atoms with Crippen LogP contribution in [0.2, 0.25) is 0 Å². The number of nitrogens with one attached hydrogen (secondary N) is 1. The highest BCUT2D eigenvalue weighted by Gasteiger charge is 2.09. The van der Waals surface area contributed by atoms with Crippen LogP contribution in [0.3, 0.4) is 0 Å². The van der Waals surface area contributed by atoms with Gasteiger partial charge in [0.25, 0.3) is 5.56 Å². The largest absolute Gasteiger partial charge is 0.486 e. The van der Waals surface area contributed by atoms with Crippen molar-refractivity contribution >= 4 is 18.5 Å². The molecule has 0 unspecified atom stereocenters. The van der Waals surface area contributed by atoms with Crippen LogP contribution in [0.15, 0.2) is 47.4 Å². The molecule has 0 radical (unpaired) electrons. The van der Waals surface area contributed by atoms with Crippen LogP contribution in [-0.4, -0.2) is 44.0 Å². The third-order valence-electron chi connectivity index (χ3n) is 3.50. The SMILES string of the molecule is CP(C)(=O)COc1ccc(N)c(NCCOCCn2ccccc2=O)c1. The highest BCUT2D eigenvalue weighted by atomic mass is 31.2. The number of anilines is 2. The molecule has 7 nitrogen and oxygen atoms in total. The standard InChI is InChI=1S/C18H26N3O4P/c1-26(2,23)14-25-15-6-7-16(19)17(13-15)20-8-11-24-12-10-21-9-4-3-5-18(21)22/h3-7,9,13,20H,8,10-12,14,19H2,1-2H3. The minimum atomic E-state index is -2.24. The Morgan fingerprint density at radius 2 is 2.00 bits per heavy atom. The molecule has 0 bridgehead atoms. The van der Waals surface area contributed by atoms with Crippen molar-refractivity contribution < 1.29 is 14.0 Å². The van der Waals surface area contributed by atoms with Crippen molar-refractivity contribution in [1.29, 1.82) is 0 Å². The zero-order chi connectivity index (χ0) is 19.0. The Kier molecular flexibility index (Phi) is 7.30. The summed E-state index contributed by atoms with van der Waals surface area (Å²) in [7, 11) is -2.24. The molecular weight excluding hydrogens is 353 g/mol. The number of pyridine rings is 1. The van der Waals surface area contributed by atoms with Gasteiger partial charge < -0.3 is 29.7 Å². The maximum absolute atomic E-state index is 11.7. The predicted molar refractivity (Wildman–Crippen MR) is 106 cm³/mol. The molecular formula is C18H26N3O4P. The molecule has 142 valence electrons. The second kappa shape index (κ2) is 9.46. The third-order valence-corrected chi connectivity index (χ3v) is 4.26. The van der Waals surface area contributed by atoms with E-state index in [1.165, 1.54) is 6.07 Å². The van der Waals surface area contributed by atoms with Crippen molar-refractivity contribution in [2.24, 2.45) is 0 Å². The molecule has 0 aliphatic carbocycles. The average Bonchev–Trinajstić information content (AvgIpc) is 2.59. The van der Waals surface area contributed by atoms with Gasteiger partial charge in [-0.15, -0.1) is 0 Å². The minimum Gasteiger partial charge on any atom is -0.486 e. The fourth-order valence-electron chi connectivity index (χ4n) is 2.18. The maximum atomic E-state index is 11.7. The molecule has 0 saturated carbocycles. The molecule has 2 aromatic rings. The van der Waals surface area contributed by atoms with Crippen molar-refractivity contribution in [2.75, 3.05) is 50.5 Å². The van der Waals surface area contributed by atoms with E-state index in [2.05, 4.69) is 5.32 Å². The van der Waals surface area contributed by atoms with Crippen LogP contribution in [-0.2, 0) is 15.8 Å². The summed E-state index contributed by atoms with van der Waals surface area (Å²) in [5.41, 5.74) is 7.26. The lowest BCUT2D eigenvalue weighted by Gasteiger charge is -2.14. The predicted octanol–water partition coefficient (Wildman–Crippen LogP) is 2.52. The van der Waals surface area contributed by atoms with Crippen LogP contribution in [0, 0.1) is 0 Å². The van der Waals surface area contributed by atoms with Gasteiger partial charge in [-0.25, -0.2) is 0 Å². The number of ether oxygens (including phenoxy) is 2. The first-order valence-electron chi connectivity index (χ1n) is 8.38. The summed E-state index contributed by atoms with van der Waals surface area (Å²) in [6.07, 6.45) is 1.93. The highest BCUT2D eigenvalue weighted by molar-refractivity contribution is 7.62. The fraction of sp³-hybridized carbons (Fsp3) is 0.389. The Morgan fingerprint density at radius 3 is 2.73 bits per heavy atom. The van der Waals surface area contributed by atoms with Crippen LogP contribution < -0.4 is 21.3 Å².